The Bertz CT molecular complexity index is 645. The zero-order chi connectivity index (χ0) is 13.9. The van der Waals surface area contributed by atoms with E-state index in [0.717, 1.165) is 12.1 Å². The van der Waals surface area contributed by atoms with Crippen molar-refractivity contribution in [2.75, 3.05) is 0 Å². The van der Waals surface area contributed by atoms with Crippen LogP contribution in [-0.4, -0.2) is 36.4 Å². The van der Waals surface area contributed by atoms with E-state index in [2.05, 4.69) is 20.4 Å². The summed E-state index contributed by atoms with van der Waals surface area (Å²) in [6.07, 6.45) is 8.03. The largest absolute Gasteiger partial charge is 0.393 e. The van der Waals surface area contributed by atoms with E-state index >= 15 is 0 Å². The van der Waals surface area contributed by atoms with Gasteiger partial charge in [0, 0.05) is 12.1 Å². The third kappa shape index (κ3) is 2.50. The summed E-state index contributed by atoms with van der Waals surface area (Å²) in [5.41, 5.74) is 1.50. The molecule has 2 unspecified atom stereocenters. The Morgan fingerprint density at radius 2 is 2.30 bits per heavy atom. The first-order valence-electron chi connectivity index (χ1n) is 6.52. The minimum atomic E-state index is -0.395. The molecular formula is C14H15N5O. The Morgan fingerprint density at radius 3 is 3.05 bits per heavy atom. The zero-order valence-corrected chi connectivity index (χ0v) is 11.1. The summed E-state index contributed by atoms with van der Waals surface area (Å²) in [6, 6.07) is 5.56. The number of pyridine rings is 1. The van der Waals surface area contributed by atoms with E-state index in [-0.39, 0.29) is 5.92 Å². The van der Waals surface area contributed by atoms with Gasteiger partial charge in [0.25, 0.3) is 0 Å². The lowest BCUT2D eigenvalue weighted by molar-refractivity contribution is 0.149. The molecule has 6 nitrogen and oxygen atoms in total. The molecule has 0 saturated carbocycles. The Labute approximate surface area is 116 Å². The van der Waals surface area contributed by atoms with Crippen LogP contribution in [0.5, 0.6) is 0 Å². The first-order chi connectivity index (χ1) is 9.74. The van der Waals surface area contributed by atoms with Gasteiger partial charge in [-0.15, -0.1) is 15.0 Å². The molecule has 0 fully saturated rings. The number of hydrogen-bond acceptors (Lipinski definition) is 5. The summed E-state index contributed by atoms with van der Waals surface area (Å²) in [5, 5.41) is 22.1. The lowest BCUT2D eigenvalue weighted by Gasteiger charge is -2.18. The fraction of sp³-hybridized carbons (Fsp3) is 0.286. The van der Waals surface area contributed by atoms with Crippen LogP contribution in [0.15, 0.2) is 42.6 Å². The average molecular weight is 269 g/mol. The molecule has 0 amide bonds. The van der Waals surface area contributed by atoms with Crippen molar-refractivity contribution in [1.82, 2.24) is 25.2 Å². The van der Waals surface area contributed by atoms with Crippen molar-refractivity contribution in [2.24, 2.45) is 5.92 Å². The van der Waals surface area contributed by atoms with Gasteiger partial charge in [-0.3, -0.25) is 4.98 Å². The fourth-order valence-corrected chi connectivity index (χ4v) is 2.08. The second-order valence-corrected chi connectivity index (χ2v) is 4.75. The van der Waals surface area contributed by atoms with E-state index in [1.807, 2.05) is 36.4 Å². The van der Waals surface area contributed by atoms with Crippen molar-refractivity contribution < 1.29 is 5.11 Å². The van der Waals surface area contributed by atoms with Gasteiger partial charge in [-0.2, -0.15) is 0 Å². The molecule has 0 aromatic carbocycles. The summed E-state index contributed by atoms with van der Waals surface area (Å²) in [5.74, 6) is 0.568. The molecule has 102 valence electrons. The van der Waals surface area contributed by atoms with Gasteiger partial charge in [0.15, 0.2) is 0 Å². The Kier molecular flexibility index (Phi) is 3.39. The minimum absolute atomic E-state index is 0.0827. The third-order valence-corrected chi connectivity index (χ3v) is 3.24. The van der Waals surface area contributed by atoms with E-state index < -0.39 is 6.10 Å². The molecule has 3 rings (SSSR count). The van der Waals surface area contributed by atoms with Crippen LogP contribution in [0.1, 0.15) is 13.3 Å². The fourth-order valence-electron chi connectivity index (χ4n) is 2.08. The van der Waals surface area contributed by atoms with Crippen molar-refractivity contribution >= 4 is 5.70 Å². The van der Waals surface area contributed by atoms with Gasteiger partial charge in [0.2, 0.25) is 5.82 Å². The van der Waals surface area contributed by atoms with Crippen LogP contribution in [-0.2, 0) is 0 Å². The highest BCUT2D eigenvalue weighted by Gasteiger charge is 2.17. The van der Waals surface area contributed by atoms with Crippen LogP contribution in [0.4, 0.5) is 0 Å². The Morgan fingerprint density at radius 1 is 1.40 bits per heavy atom. The van der Waals surface area contributed by atoms with Gasteiger partial charge < -0.3 is 5.11 Å². The topological polar surface area (TPSA) is 76.7 Å². The van der Waals surface area contributed by atoms with Crippen LogP contribution < -0.4 is 0 Å². The Balaban J connectivity index is 1.89. The maximum absolute atomic E-state index is 9.67. The number of aliphatic hydroxyl groups excluding tert-OH is 1. The number of nitrogens with zero attached hydrogens (tertiary/aromatic N) is 5. The van der Waals surface area contributed by atoms with Crippen LogP contribution >= 0.6 is 0 Å². The maximum atomic E-state index is 9.67. The molecule has 0 saturated heterocycles. The number of tetrazole rings is 1. The molecule has 1 aliphatic rings. The number of aromatic nitrogens is 5. The molecule has 20 heavy (non-hydrogen) atoms. The molecule has 2 heterocycles. The van der Waals surface area contributed by atoms with Crippen LogP contribution in [0.3, 0.4) is 0 Å². The van der Waals surface area contributed by atoms with E-state index in [1.54, 1.807) is 13.1 Å². The van der Waals surface area contributed by atoms with E-state index in [1.165, 1.54) is 4.80 Å². The van der Waals surface area contributed by atoms with Crippen molar-refractivity contribution in [3.63, 3.8) is 0 Å². The average Bonchev–Trinajstić information content (AvgIpc) is 2.98. The molecule has 0 bridgehead atoms. The van der Waals surface area contributed by atoms with Gasteiger partial charge in [-0.05, 0) is 36.8 Å². The highest BCUT2D eigenvalue weighted by molar-refractivity contribution is 5.58. The summed E-state index contributed by atoms with van der Waals surface area (Å²) < 4.78 is 0. The summed E-state index contributed by atoms with van der Waals surface area (Å²) in [4.78, 5) is 5.66. The minimum Gasteiger partial charge on any atom is -0.393 e. The second-order valence-electron chi connectivity index (χ2n) is 4.75. The van der Waals surface area contributed by atoms with Crippen LogP contribution in [0, 0.1) is 5.92 Å². The number of hydrogen-bond donors (Lipinski definition) is 1. The van der Waals surface area contributed by atoms with Crippen molar-refractivity contribution in [3.05, 3.63) is 42.6 Å². The highest BCUT2D eigenvalue weighted by atomic mass is 16.3. The third-order valence-electron chi connectivity index (χ3n) is 3.24. The quantitative estimate of drug-likeness (QED) is 0.914. The molecular weight excluding hydrogens is 254 g/mol. The van der Waals surface area contributed by atoms with E-state index in [9.17, 15) is 5.11 Å². The van der Waals surface area contributed by atoms with Crippen molar-refractivity contribution in [2.45, 2.75) is 19.4 Å². The standard InChI is InChI=1S/C14H15N5O/c1-10(20)11-5-4-6-12(9-11)19-17-14(16-18-19)13-7-2-3-8-15-13/h2-4,6-11,20H,5H2,1H3. The zero-order valence-electron chi connectivity index (χ0n) is 11.1. The van der Waals surface area contributed by atoms with Gasteiger partial charge in [0.1, 0.15) is 5.69 Å². The second kappa shape index (κ2) is 5.34. The monoisotopic (exact) mass is 269 g/mol. The maximum Gasteiger partial charge on any atom is 0.223 e. The smallest absolute Gasteiger partial charge is 0.223 e. The van der Waals surface area contributed by atoms with Gasteiger partial charge in [-0.25, -0.2) is 0 Å². The molecule has 1 aliphatic carbocycles. The Hall–Kier alpha value is -2.34. The van der Waals surface area contributed by atoms with Gasteiger partial charge >= 0.3 is 0 Å². The lowest BCUT2D eigenvalue weighted by Crippen LogP contribution is -2.17. The SMILES string of the molecule is CC(O)C1C=C(n2nnc(-c3ccccn3)n2)C=CC1. The number of rotatable bonds is 3. The molecule has 1 N–H and O–H groups in total. The first-order valence-corrected chi connectivity index (χ1v) is 6.52. The molecule has 0 radical (unpaired) electrons. The van der Waals surface area contributed by atoms with E-state index in [4.69, 9.17) is 0 Å². The predicted octanol–water partition coefficient (Wildman–Crippen LogP) is 1.53. The molecule has 2 aromatic heterocycles. The van der Waals surface area contributed by atoms with Crippen LogP contribution in [0.25, 0.3) is 17.2 Å². The number of aliphatic hydroxyl groups is 1. The van der Waals surface area contributed by atoms with Crippen molar-refractivity contribution in [3.8, 4) is 11.5 Å². The lowest BCUT2D eigenvalue weighted by atomic mass is 9.95. The summed E-state index contributed by atoms with van der Waals surface area (Å²) in [7, 11) is 0. The predicted molar refractivity (Wildman–Crippen MR) is 74.2 cm³/mol. The normalized spacial score (nSPS) is 19.7. The molecule has 2 aromatic rings. The van der Waals surface area contributed by atoms with Gasteiger partial charge in [0.05, 0.1) is 11.8 Å². The van der Waals surface area contributed by atoms with Crippen molar-refractivity contribution in [1.29, 1.82) is 0 Å². The van der Waals surface area contributed by atoms with E-state index in [0.29, 0.717) is 11.5 Å². The molecule has 6 heteroatoms. The summed E-state index contributed by atoms with van der Waals surface area (Å²) >= 11 is 0. The number of allylic oxidation sites excluding steroid dienone is 3. The highest BCUT2D eigenvalue weighted by Crippen LogP contribution is 2.22. The summed E-state index contributed by atoms with van der Waals surface area (Å²) in [6.45, 7) is 1.78. The van der Waals surface area contributed by atoms with Gasteiger partial charge in [-0.1, -0.05) is 18.2 Å². The molecule has 2 atom stereocenters. The first kappa shape index (κ1) is 12.7. The van der Waals surface area contributed by atoms with Crippen LogP contribution in [0.2, 0.25) is 0 Å². The molecule has 0 aliphatic heterocycles. The molecule has 0 spiro atoms.